The van der Waals surface area contributed by atoms with E-state index in [2.05, 4.69) is 22.5 Å². The molecule has 0 spiro atoms. The molecule has 0 saturated heterocycles. The first-order valence-corrected chi connectivity index (χ1v) is 6.93. The lowest BCUT2D eigenvalue weighted by atomic mass is 10.2. The Hall–Kier alpha value is -1.49. The second-order valence-corrected chi connectivity index (χ2v) is 4.76. The fourth-order valence-corrected chi connectivity index (χ4v) is 1.72. The van der Waals surface area contributed by atoms with E-state index in [1.54, 1.807) is 12.3 Å². The highest BCUT2D eigenvalue weighted by molar-refractivity contribution is 6.30. The fraction of sp³-hybridized carbons (Fsp3) is 0.538. The van der Waals surface area contributed by atoms with E-state index in [-0.39, 0.29) is 5.91 Å². The first-order valence-electron chi connectivity index (χ1n) is 6.55. The zero-order valence-electron chi connectivity index (χ0n) is 11.2. The summed E-state index contributed by atoms with van der Waals surface area (Å²) in [5.41, 5.74) is 6.29. The molecule has 1 aromatic rings. The number of halogens is 1. The summed E-state index contributed by atoms with van der Waals surface area (Å²) < 4.78 is 0. The Morgan fingerprint density at radius 3 is 2.89 bits per heavy atom. The lowest BCUT2D eigenvalue weighted by Crippen LogP contribution is -2.25. The van der Waals surface area contributed by atoms with Crippen molar-refractivity contribution in [2.75, 3.05) is 24.1 Å². The summed E-state index contributed by atoms with van der Waals surface area (Å²) in [5.74, 6) is 0.743. The molecule has 19 heavy (non-hydrogen) atoms. The average Bonchev–Trinajstić information content (AvgIpc) is 2.38. The van der Waals surface area contributed by atoms with Crippen LogP contribution in [-0.4, -0.2) is 24.0 Å². The van der Waals surface area contributed by atoms with Gasteiger partial charge in [0.2, 0.25) is 5.91 Å². The Kier molecular flexibility index (Phi) is 7.03. The van der Waals surface area contributed by atoms with Crippen molar-refractivity contribution in [3.8, 4) is 0 Å². The van der Waals surface area contributed by atoms with Crippen molar-refractivity contribution in [2.24, 2.45) is 0 Å². The molecule has 106 valence electrons. The monoisotopic (exact) mass is 284 g/mol. The summed E-state index contributed by atoms with van der Waals surface area (Å²) in [6, 6.07) is 1.66. The number of nitrogens with two attached hydrogens (primary N) is 1. The molecule has 1 amide bonds. The fourth-order valence-electron chi connectivity index (χ4n) is 1.55. The van der Waals surface area contributed by atoms with Crippen LogP contribution < -0.4 is 16.4 Å². The molecule has 4 N–H and O–H groups in total. The Balaban J connectivity index is 2.15. The van der Waals surface area contributed by atoms with Gasteiger partial charge in [-0.2, -0.15) is 0 Å². The Morgan fingerprint density at radius 1 is 1.42 bits per heavy atom. The van der Waals surface area contributed by atoms with Crippen LogP contribution in [0.5, 0.6) is 0 Å². The summed E-state index contributed by atoms with van der Waals surface area (Å²) in [5, 5.41) is 6.51. The Labute approximate surface area is 118 Å². The molecule has 0 fully saturated rings. The molecule has 0 saturated carbocycles. The summed E-state index contributed by atoms with van der Waals surface area (Å²) in [7, 11) is 0. The van der Waals surface area contributed by atoms with E-state index < -0.39 is 0 Å². The second kappa shape index (κ2) is 8.58. The van der Waals surface area contributed by atoms with Gasteiger partial charge < -0.3 is 16.4 Å². The van der Waals surface area contributed by atoms with Gasteiger partial charge in [0.25, 0.3) is 0 Å². The predicted octanol–water partition coefficient (Wildman–Crippen LogP) is 2.43. The minimum Gasteiger partial charge on any atom is -0.396 e. The highest BCUT2D eigenvalue weighted by atomic mass is 35.5. The van der Waals surface area contributed by atoms with E-state index in [0.29, 0.717) is 36.0 Å². The van der Waals surface area contributed by atoms with Crippen LogP contribution in [0, 0.1) is 0 Å². The highest BCUT2D eigenvalue weighted by Gasteiger charge is 2.01. The zero-order valence-corrected chi connectivity index (χ0v) is 12.0. The number of hydrogen-bond acceptors (Lipinski definition) is 4. The number of carbonyl (C=O) groups is 1. The Bertz CT molecular complexity index is 412. The summed E-state index contributed by atoms with van der Waals surface area (Å²) >= 11 is 5.76. The molecule has 0 aliphatic rings. The number of nitrogens with one attached hydrogen (secondary N) is 2. The molecule has 0 aliphatic heterocycles. The normalized spacial score (nSPS) is 10.2. The van der Waals surface area contributed by atoms with Gasteiger partial charge in [0.1, 0.15) is 5.82 Å². The molecule has 5 nitrogen and oxygen atoms in total. The number of carbonyl (C=O) groups excluding carboxylic acids is 1. The van der Waals surface area contributed by atoms with Crippen LogP contribution in [-0.2, 0) is 4.79 Å². The van der Waals surface area contributed by atoms with Gasteiger partial charge in [0.15, 0.2) is 0 Å². The molecule has 0 aromatic carbocycles. The van der Waals surface area contributed by atoms with Crippen molar-refractivity contribution in [1.82, 2.24) is 10.3 Å². The summed E-state index contributed by atoms with van der Waals surface area (Å²) in [6.45, 7) is 3.43. The van der Waals surface area contributed by atoms with Crippen LogP contribution >= 0.6 is 11.6 Å². The zero-order chi connectivity index (χ0) is 14.1. The van der Waals surface area contributed by atoms with Gasteiger partial charge in [0, 0.05) is 25.7 Å². The van der Waals surface area contributed by atoms with Crippen molar-refractivity contribution in [3.63, 3.8) is 0 Å². The molecular formula is C13H21ClN4O. The van der Waals surface area contributed by atoms with E-state index in [1.165, 1.54) is 0 Å². The first kappa shape index (κ1) is 15.6. The molecule has 0 bridgehead atoms. The van der Waals surface area contributed by atoms with Crippen LogP contribution in [0.2, 0.25) is 5.02 Å². The molecule has 0 radical (unpaired) electrons. The van der Waals surface area contributed by atoms with Crippen LogP contribution in [0.1, 0.15) is 32.6 Å². The molecule has 1 heterocycles. The van der Waals surface area contributed by atoms with E-state index in [1.807, 2.05) is 0 Å². The maximum atomic E-state index is 11.3. The average molecular weight is 285 g/mol. The van der Waals surface area contributed by atoms with Gasteiger partial charge >= 0.3 is 0 Å². The maximum Gasteiger partial charge on any atom is 0.219 e. The topological polar surface area (TPSA) is 80.0 Å². The second-order valence-electron chi connectivity index (χ2n) is 4.33. The number of amides is 1. The summed E-state index contributed by atoms with van der Waals surface area (Å²) in [4.78, 5) is 15.4. The minimum atomic E-state index is 0.117. The van der Waals surface area contributed by atoms with Crippen molar-refractivity contribution in [3.05, 3.63) is 17.3 Å². The standard InChI is InChI=1S/C13H21ClN4O/c1-2-3-5-12(19)16-6-4-7-17-13-11(15)8-10(14)9-18-13/h8-9H,2-7,15H2,1H3,(H,16,19)(H,17,18). The van der Waals surface area contributed by atoms with Crippen molar-refractivity contribution >= 4 is 29.0 Å². The van der Waals surface area contributed by atoms with Crippen molar-refractivity contribution in [2.45, 2.75) is 32.6 Å². The largest absolute Gasteiger partial charge is 0.396 e. The van der Waals surface area contributed by atoms with Gasteiger partial charge in [-0.15, -0.1) is 0 Å². The maximum absolute atomic E-state index is 11.3. The van der Waals surface area contributed by atoms with E-state index in [0.717, 1.165) is 19.3 Å². The van der Waals surface area contributed by atoms with Gasteiger partial charge in [-0.1, -0.05) is 24.9 Å². The van der Waals surface area contributed by atoms with Crippen molar-refractivity contribution < 1.29 is 4.79 Å². The quantitative estimate of drug-likeness (QED) is 0.641. The summed E-state index contributed by atoms with van der Waals surface area (Å²) in [6.07, 6.45) is 4.95. The van der Waals surface area contributed by atoms with Crippen LogP contribution in [0.4, 0.5) is 11.5 Å². The van der Waals surface area contributed by atoms with Gasteiger partial charge in [-0.3, -0.25) is 4.79 Å². The number of unbranched alkanes of at least 4 members (excludes halogenated alkanes) is 1. The number of pyridine rings is 1. The SMILES string of the molecule is CCCCC(=O)NCCCNc1ncc(Cl)cc1N. The third-order valence-electron chi connectivity index (χ3n) is 2.61. The number of nitrogens with zero attached hydrogens (tertiary/aromatic N) is 1. The van der Waals surface area contributed by atoms with Crippen LogP contribution in [0.15, 0.2) is 12.3 Å². The first-order chi connectivity index (χ1) is 9.13. The lowest BCUT2D eigenvalue weighted by molar-refractivity contribution is -0.121. The third kappa shape index (κ3) is 6.29. The lowest BCUT2D eigenvalue weighted by Gasteiger charge is -2.09. The van der Waals surface area contributed by atoms with Gasteiger partial charge in [-0.25, -0.2) is 4.98 Å². The number of nitrogen functional groups attached to an aromatic ring is 1. The van der Waals surface area contributed by atoms with Gasteiger partial charge in [0.05, 0.1) is 10.7 Å². The number of aromatic nitrogens is 1. The minimum absolute atomic E-state index is 0.117. The van der Waals surface area contributed by atoms with Crippen molar-refractivity contribution in [1.29, 1.82) is 0 Å². The Morgan fingerprint density at radius 2 is 2.21 bits per heavy atom. The van der Waals surface area contributed by atoms with E-state index in [9.17, 15) is 4.79 Å². The third-order valence-corrected chi connectivity index (χ3v) is 2.82. The van der Waals surface area contributed by atoms with E-state index >= 15 is 0 Å². The number of anilines is 2. The number of hydrogen-bond donors (Lipinski definition) is 3. The molecule has 1 rings (SSSR count). The van der Waals surface area contributed by atoms with Gasteiger partial charge in [-0.05, 0) is 18.9 Å². The smallest absolute Gasteiger partial charge is 0.219 e. The highest BCUT2D eigenvalue weighted by Crippen LogP contribution is 2.18. The number of rotatable bonds is 8. The van der Waals surface area contributed by atoms with Crippen LogP contribution in [0.3, 0.4) is 0 Å². The molecule has 0 atom stereocenters. The van der Waals surface area contributed by atoms with E-state index in [4.69, 9.17) is 17.3 Å². The van der Waals surface area contributed by atoms with Crippen LogP contribution in [0.25, 0.3) is 0 Å². The molecule has 0 unspecified atom stereocenters. The molecule has 0 aliphatic carbocycles. The molecule has 6 heteroatoms. The molecular weight excluding hydrogens is 264 g/mol. The molecule has 1 aromatic heterocycles. The predicted molar refractivity (Wildman–Crippen MR) is 79.3 cm³/mol.